The Morgan fingerprint density at radius 1 is 1.47 bits per heavy atom. The van der Waals surface area contributed by atoms with Crippen molar-refractivity contribution in [2.24, 2.45) is 5.92 Å². The third kappa shape index (κ3) is 6.55. The van der Waals surface area contributed by atoms with E-state index in [1.54, 1.807) is 11.3 Å². The molecule has 0 bridgehead atoms. The van der Waals surface area contributed by atoms with Crippen molar-refractivity contribution in [3.8, 4) is 0 Å². The molecule has 1 aromatic heterocycles. The highest BCUT2D eigenvalue weighted by molar-refractivity contribution is 9.11. The van der Waals surface area contributed by atoms with Crippen LogP contribution >= 0.6 is 27.3 Å². The lowest BCUT2D eigenvalue weighted by Gasteiger charge is -2.23. The molecule has 1 unspecified atom stereocenters. The number of nitrogens with one attached hydrogen (secondary N) is 1. The van der Waals surface area contributed by atoms with Gasteiger partial charge in [0.15, 0.2) is 0 Å². The van der Waals surface area contributed by atoms with E-state index >= 15 is 0 Å². The van der Waals surface area contributed by atoms with Crippen LogP contribution in [0.2, 0.25) is 0 Å². The van der Waals surface area contributed by atoms with Crippen LogP contribution in [0.5, 0.6) is 0 Å². The van der Waals surface area contributed by atoms with Gasteiger partial charge in [-0.15, -0.1) is 11.3 Å². The van der Waals surface area contributed by atoms with Crippen molar-refractivity contribution in [2.45, 2.75) is 39.2 Å². The van der Waals surface area contributed by atoms with Crippen molar-refractivity contribution in [2.75, 3.05) is 13.1 Å². The lowest BCUT2D eigenvalue weighted by Crippen LogP contribution is -2.33. The predicted octanol–water partition coefficient (Wildman–Crippen LogP) is 3.44. The Morgan fingerprint density at radius 3 is 2.71 bits per heavy atom. The average Bonchev–Trinajstić information content (AvgIpc) is 2.57. The van der Waals surface area contributed by atoms with Gasteiger partial charge in [-0.05, 0) is 60.4 Å². The highest BCUT2D eigenvalue weighted by Crippen LogP contribution is 2.26. The number of rotatable bonds is 7. The van der Waals surface area contributed by atoms with Crippen LogP contribution in [0.25, 0.3) is 0 Å². The Kier molecular flexibility index (Phi) is 6.13. The fourth-order valence-electron chi connectivity index (χ4n) is 1.66. The van der Waals surface area contributed by atoms with Gasteiger partial charge < -0.3 is 10.4 Å². The predicted molar refractivity (Wildman–Crippen MR) is 78.7 cm³/mol. The second kappa shape index (κ2) is 6.88. The molecule has 17 heavy (non-hydrogen) atoms. The maximum atomic E-state index is 10.3. The van der Waals surface area contributed by atoms with Gasteiger partial charge >= 0.3 is 0 Å². The van der Waals surface area contributed by atoms with E-state index in [1.807, 2.05) is 13.0 Å². The lowest BCUT2D eigenvalue weighted by molar-refractivity contribution is 0.0522. The van der Waals surface area contributed by atoms with Gasteiger partial charge in [-0.3, -0.25) is 0 Å². The molecule has 2 N–H and O–H groups in total. The summed E-state index contributed by atoms with van der Waals surface area (Å²) in [4.78, 5) is 1.23. The van der Waals surface area contributed by atoms with Crippen LogP contribution in [0, 0.1) is 5.92 Å². The maximum Gasteiger partial charge on any atom is 0.0701 e. The Morgan fingerprint density at radius 2 is 2.18 bits per heavy atom. The zero-order valence-corrected chi connectivity index (χ0v) is 13.2. The molecule has 0 aliphatic heterocycles. The molecule has 0 spiro atoms. The molecule has 0 saturated carbocycles. The van der Waals surface area contributed by atoms with E-state index in [2.05, 4.69) is 41.2 Å². The normalized spacial score (nSPS) is 15.2. The highest BCUT2D eigenvalue weighted by Gasteiger charge is 2.21. The zero-order valence-electron chi connectivity index (χ0n) is 10.8. The molecular formula is C13H22BrNOS. The van der Waals surface area contributed by atoms with E-state index in [9.17, 15) is 5.11 Å². The molecule has 0 saturated heterocycles. The summed E-state index contributed by atoms with van der Waals surface area (Å²) in [5.41, 5.74) is -0.617. The second-order valence-corrected chi connectivity index (χ2v) is 7.78. The van der Waals surface area contributed by atoms with Gasteiger partial charge in [0, 0.05) is 11.3 Å². The van der Waals surface area contributed by atoms with Crippen LogP contribution in [0.1, 0.15) is 32.1 Å². The van der Waals surface area contributed by atoms with Crippen molar-refractivity contribution in [3.63, 3.8) is 0 Å². The fraction of sp³-hybridized carbons (Fsp3) is 0.692. The van der Waals surface area contributed by atoms with Crippen LogP contribution in [-0.4, -0.2) is 23.8 Å². The monoisotopic (exact) mass is 319 g/mol. The Bertz CT molecular complexity index is 336. The van der Waals surface area contributed by atoms with Crippen LogP contribution < -0.4 is 5.32 Å². The summed E-state index contributed by atoms with van der Waals surface area (Å²) in [6.07, 6.45) is 1.52. The fourth-order valence-corrected chi connectivity index (χ4v) is 3.32. The van der Waals surface area contributed by atoms with Crippen molar-refractivity contribution >= 4 is 27.3 Å². The molecule has 0 fully saturated rings. The average molecular weight is 320 g/mol. The third-order valence-electron chi connectivity index (χ3n) is 2.58. The molecule has 1 rings (SSSR count). The number of thiophene rings is 1. The summed E-state index contributed by atoms with van der Waals surface area (Å²) in [6.45, 7) is 8.18. The van der Waals surface area contributed by atoms with Gasteiger partial charge in [-0.2, -0.15) is 0 Å². The summed E-state index contributed by atoms with van der Waals surface area (Å²) in [7, 11) is 0. The molecular weight excluding hydrogens is 298 g/mol. The Balaban J connectivity index is 2.30. The molecule has 0 aliphatic carbocycles. The van der Waals surface area contributed by atoms with Crippen molar-refractivity contribution in [3.05, 3.63) is 20.8 Å². The molecule has 0 radical (unpaired) electrons. The summed E-state index contributed by atoms with van der Waals surface area (Å²) < 4.78 is 1.13. The molecule has 98 valence electrons. The minimum Gasteiger partial charge on any atom is -0.390 e. The van der Waals surface area contributed by atoms with Crippen LogP contribution in [0.15, 0.2) is 15.9 Å². The van der Waals surface area contributed by atoms with E-state index in [0.29, 0.717) is 5.92 Å². The molecule has 1 aromatic rings. The number of hydrogen-bond donors (Lipinski definition) is 2. The zero-order chi connectivity index (χ0) is 12.9. The molecule has 1 atom stereocenters. The van der Waals surface area contributed by atoms with Crippen molar-refractivity contribution in [1.29, 1.82) is 0 Å². The molecule has 0 aromatic carbocycles. The van der Waals surface area contributed by atoms with E-state index in [1.165, 1.54) is 4.88 Å². The van der Waals surface area contributed by atoms with E-state index < -0.39 is 5.60 Å². The molecule has 1 heterocycles. The minimum absolute atomic E-state index is 0.617. The van der Waals surface area contributed by atoms with E-state index in [-0.39, 0.29) is 0 Å². The first kappa shape index (κ1) is 15.2. The molecule has 0 amide bonds. The standard InChI is InChI=1S/C13H22BrNOS/c1-10(2)9-15-7-6-13(3,16)8-11-4-5-12(14)17-11/h4-5,10,15-16H,6-9H2,1-3H3. The second-order valence-electron chi connectivity index (χ2n) is 5.23. The van der Waals surface area contributed by atoms with Gasteiger partial charge in [0.2, 0.25) is 0 Å². The van der Waals surface area contributed by atoms with Crippen LogP contribution in [0.4, 0.5) is 0 Å². The molecule has 0 aliphatic rings. The Hall–Kier alpha value is 0.1000. The first-order valence-corrected chi connectivity index (χ1v) is 7.67. The Labute approximate surface area is 117 Å². The van der Waals surface area contributed by atoms with E-state index in [4.69, 9.17) is 0 Å². The lowest BCUT2D eigenvalue weighted by atomic mass is 9.97. The quantitative estimate of drug-likeness (QED) is 0.754. The van der Waals surface area contributed by atoms with Gasteiger partial charge in [0.25, 0.3) is 0 Å². The number of hydrogen-bond acceptors (Lipinski definition) is 3. The highest BCUT2D eigenvalue weighted by atomic mass is 79.9. The van der Waals surface area contributed by atoms with Gasteiger partial charge in [0.05, 0.1) is 9.39 Å². The summed E-state index contributed by atoms with van der Waals surface area (Å²) in [6, 6.07) is 4.11. The number of aliphatic hydroxyl groups is 1. The van der Waals surface area contributed by atoms with Gasteiger partial charge in [-0.1, -0.05) is 13.8 Å². The van der Waals surface area contributed by atoms with E-state index in [0.717, 1.165) is 29.7 Å². The molecule has 2 nitrogen and oxygen atoms in total. The van der Waals surface area contributed by atoms with Crippen LogP contribution in [0.3, 0.4) is 0 Å². The SMILES string of the molecule is CC(C)CNCCC(C)(O)Cc1ccc(Br)s1. The van der Waals surface area contributed by atoms with Gasteiger partial charge in [0.1, 0.15) is 0 Å². The summed E-state index contributed by atoms with van der Waals surface area (Å²) in [5, 5.41) is 13.7. The van der Waals surface area contributed by atoms with Crippen molar-refractivity contribution in [1.82, 2.24) is 5.32 Å². The van der Waals surface area contributed by atoms with Crippen molar-refractivity contribution < 1.29 is 5.11 Å². The minimum atomic E-state index is -0.617. The third-order valence-corrected chi connectivity index (χ3v) is 4.20. The first-order chi connectivity index (χ1) is 7.89. The summed E-state index contributed by atoms with van der Waals surface area (Å²) >= 11 is 5.14. The molecule has 4 heteroatoms. The largest absolute Gasteiger partial charge is 0.390 e. The number of halogens is 1. The summed E-state index contributed by atoms with van der Waals surface area (Å²) in [5.74, 6) is 0.660. The first-order valence-electron chi connectivity index (χ1n) is 6.06. The van der Waals surface area contributed by atoms with Gasteiger partial charge in [-0.25, -0.2) is 0 Å². The van der Waals surface area contributed by atoms with Crippen LogP contribution in [-0.2, 0) is 6.42 Å². The smallest absolute Gasteiger partial charge is 0.0701 e. The maximum absolute atomic E-state index is 10.3. The topological polar surface area (TPSA) is 32.3 Å².